The number of Topliss-reactive ketones (excluding diaryl/α,β-unsaturated/α-hetero) is 1. The number of phenols is 3. The van der Waals surface area contributed by atoms with Crippen LogP contribution in [0.5, 0.6) is 23.0 Å². The van der Waals surface area contributed by atoms with Gasteiger partial charge in [-0.05, 0) is 38.0 Å². The molecule has 6 heteroatoms. The van der Waals surface area contributed by atoms with Gasteiger partial charge in [0.05, 0.1) is 0 Å². The Bertz CT molecular complexity index is 878. The predicted molar refractivity (Wildman–Crippen MR) is 94.7 cm³/mol. The van der Waals surface area contributed by atoms with Crippen LogP contribution in [0.4, 0.5) is 0 Å². The maximum Gasteiger partial charge on any atom is 0.202 e. The molecule has 2 atom stereocenters. The Balaban J connectivity index is 2.05. The molecule has 3 rings (SSSR count). The molecule has 2 aromatic carbocycles. The third kappa shape index (κ3) is 3.11. The highest BCUT2D eigenvalue weighted by Crippen LogP contribution is 2.45. The van der Waals surface area contributed by atoms with Crippen molar-refractivity contribution in [2.45, 2.75) is 32.5 Å². The number of aromatic hydroxyl groups is 3. The fraction of sp³-hybridized carbons (Fsp3) is 0.250. The zero-order valence-corrected chi connectivity index (χ0v) is 14.4. The SMILES string of the molecule is CC(C)=CCc1c(O)cc2c(c1O)C(=O)C(O)[C@@H](c1ccc(O)cc1)O2. The van der Waals surface area contributed by atoms with Crippen LogP contribution in [0.15, 0.2) is 42.0 Å². The van der Waals surface area contributed by atoms with Crippen molar-refractivity contribution in [2.75, 3.05) is 0 Å². The molecule has 0 amide bonds. The van der Waals surface area contributed by atoms with Crippen LogP contribution in [0.2, 0.25) is 0 Å². The number of benzene rings is 2. The lowest BCUT2D eigenvalue weighted by molar-refractivity contribution is 0.0210. The number of allylic oxidation sites excluding steroid dienone is 2. The molecule has 1 heterocycles. The van der Waals surface area contributed by atoms with E-state index < -0.39 is 18.0 Å². The Morgan fingerprint density at radius 3 is 2.42 bits per heavy atom. The van der Waals surface area contributed by atoms with Crippen molar-refractivity contribution in [1.29, 1.82) is 0 Å². The van der Waals surface area contributed by atoms with E-state index in [4.69, 9.17) is 4.74 Å². The van der Waals surface area contributed by atoms with Crippen molar-refractivity contribution in [2.24, 2.45) is 0 Å². The predicted octanol–water partition coefficient (Wildman–Crippen LogP) is 2.99. The van der Waals surface area contributed by atoms with Gasteiger partial charge < -0.3 is 25.2 Å². The average Bonchev–Trinajstić information content (AvgIpc) is 2.58. The number of hydrogen-bond donors (Lipinski definition) is 4. The lowest BCUT2D eigenvalue weighted by Crippen LogP contribution is -2.36. The van der Waals surface area contributed by atoms with Gasteiger partial charge in [0.1, 0.15) is 28.6 Å². The number of rotatable bonds is 3. The van der Waals surface area contributed by atoms with Crippen LogP contribution >= 0.6 is 0 Å². The third-order valence-corrected chi connectivity index (χ3v) is 4.34. The Morgan fingerprint density at radius 1 is 1.15 bits per heavy atom. The van der Waals surface area contributed by atoms with Crippen molar-refractivity contribution in [3.8, 4) is 23.0 Å². The molecule has 26 heavy (non-hydrogen) atoms. The van der Waals surface area contributed by atoms with Crippen LogP contribution in [0.1, 0.15) is 41.4 Å². The Hall–Kier alpha value is -2.99. The highest BCUT2D eigenvalue weighted by Gasteiger charge is 2.40. The molecule has 0 saturated heterocycles. The molecule has 0 fully saturated rings. The van der Waals surface area contributed by atoms with E-state index in [-0.39, 0.29) is 40.5 Å². The lowest BCUT2D eigenvalue weighted by Gasteiger charge is -2.30. The highest BCUT2D eigenvalue weighted by atomic mass is 16.5. The van der Waals surface area contributed by atoms with Gasteiger partial charge >= 0.3 is 0 Å². The summed E-state index contributed by atoms with van der Waals surface area (Å²) < 4.78 is 5.69. The van der Waals surface area contributed by atoms with Gasteiger partial charge in [-0.3, -0.25) is 4.79 Å². The van der Waals surface area contributed by atoms with Gasteiger partial charge in [0, 0.05) is 11.6 Å². The first-order valence-electron chi connectivity index (χ1n) is 8.18. The number of hydrogen-bond acceptors (Lipinski definition) is 6. The maximum absolute atomic E-state index is 12.7. The second-order valence-electron chi connectivity index (χ2n) is 6.52. The van der Waals surface area contributed by atoms with Gasteiger partial charge in [0.25, 0.3) is 0 Å². The van der Waals surface area contributed by atoms with Gasteiger partial charge in [-0.2, -0.15) is 0 Å². The molecule has 0 bridgehead atoms. The van der Waals surface area contributed by atoms with Crippen molar-refractivity contribution in [1.82, 2.24) is 0 Å². The molecule has 0 aliphatic carbocycles. The number of carbonyl (C=O) groups excluding carboxylic acids is 1. The van der Waals surface area contributed by atoms with E-state index in [0.717, 1.165) is 5.57 Å². The van der Waals surface area contributed by atoms with Crippen LogP contribution in [0, 0.1) is 0 Å². The normalized spacial score (nSPS) is 18.8. The number of fused-ring (bicyclic) bond motifs is 1. The average molecular weight is 356 g/mol. The monoisotopic (exact) mass is 356 g/mol. The summed E-state index contributed by atoms with van der Waals surface area (Å²) in [4.78, 5) is 12.7. The maximum atomic E-state index is 12.7. The van der Waals surface area contributed by atoms with E-state index in [1.807, 2.05) is 19.9 Å². The van der Waals surface area contributed by atoms with Crippen molar-refractivity contribution in [3.05, 3.63) is 58.7 Å². The summed E-state index contributed by atoms with van der Waals surface area (Å²) in [5.74, 6) is -1.20. The molecule has 1 unspecified atom stereocenters. The topological polar surface area (TPSA) is 107 Å². The van der Waals surface area contributed by atoms with E-state index in [9.17, 15) is 25.2 Å². The molecular weight excluding hydrogens is 336 g/mol. The summed E-state index contributed by atoms with van der Waals surface area (Å²) in [6, 6.07) is 7.18. The first-order chi connectivity index (χ1) is 12.3. The molecule has 0 spiro atoms. The van der Waals surface area contributed by atoms with E-state index in [1.165, 1.54) is 30.3 Å². The molecule has 4 N–H and O–H groups in total. The zero-order chi connectivity index (χ0) is 19.0. The van der Waals surface area contributed by atoms with Gasteiger partial charge in [0.15, 0.2) is 12.2 Å². The molecule has 136 valence electrons. The Kier molecular flexibility index (Phi) is 4.61. The molecule has 1 aliphatic heterocycles. The number of ether oxygens (including phenoxy) is 1. The minimum absolute atomic E-state index is 0.00863. The quantitative estimate of drug-likeness (QED) is 0.630. The highest BCUT2D eigenvalue weighted by molar-refractivity contribution is 6.06. The van der Waals surface area contributed by atoms with Crippen LogP contribution in [0.25, 0.3) is 0 Å². The van der Waals surface area contributed by atoms with Crippen molar-refractivity contribution in [3.63, 3.8) is 0 Å². The second-order valence-corrected chi connectivity index (χ2v) is 6.52. The molecule has 0 aromatic heterocycles. The number of ketones is 1. The first-order valence-corrected chi connectivity index (χ1v) is 8.18. The van der Waals surface area contributed by atoms with Gasteiger partial charge in [0.2, 0.25) is 5.78 Å². The first kappa shape index (κ1) is 17.8. The van der Waals surface area contributed by atoms with E-state index in [2.05, 4.69) is 0 Å². The van der Waals surface area contributed by atoms with Crippen LogP contribution in [-0.4, -0.2) is 32.3 Å². The minimum Gasteiger partial charge on any atom is -0.508 e. The van der Waals surface area contributed by atoms with Crippen molar-refractivity contribution >= 4 is 5.78 Å². The molecule has 0 saturated carbocycles. The van der Waals surface area contributed by atoms with Gasteiger partial charge in [-0.15, -0.1) is 0 Å². The number of carbonyl (C=O) groups is 1. The van der Waals surface area contributed by atoms with E-state index in [0.29, 0.717) is 5.56 Å². The summed E-state index contributed by atoms with van der Waals surface area (Å²) in [5, 5.41) is 40.5. The molecule has 2 aromatic rings. The Morgan fingerprint density at radius 2 is 1.81 bits per heavy atom. The number of aliphatic hydroxyl groups excluding tert-OH is 1. The van der Waals surface area contributed by atoms with Gasteiger partial charge in [-0.25, -0.2) is 0 Å². The molecule has 1 aliphatic rings. The third-order valence-electron chi connectivity index (χ3n) is 4.34. The summed E-state index contributed by atoms with van der Waals surface area (Å²) in [7, 11) is 0. The van der Waals surface area contributed by atoms with E-state index >= 15 is 0 Å². The fourth-order valence-electron chi connectivity index (χ4n) is 2.91. The Labute approximate surface area is 150 Å². The number of phenolic OH excluding ortho intramolecular Hbond substituents is 3. The summed E-state index contributed by atoms with van der Waals surface area (Å²) >= 11 is 0. The van der Waals surface area contributed by atoms with Crippen LogP contribution < -0.4 is 4.74 Å². The lowest BCUT2D eigenvalue weighted by atomic mass is 9.90. The summed E-state index contributed by atoms with van der Waals surface area (Å²) in [6.45, 7) is 3.76. The standard InChI is InChI=1S/C20H20O6/c1-10(2)3-8-13-14(22)9-15-16(17(13)23)18(24)19(25)20(26-15)11-4-6-12(21)7-5-11/h3-7,9,19-23,25H,8H2,1-2H3/t19?,20-/m1/s1. The minimum atomic E-state index is -1.52. The largest absolute Gasteiger partial charge is 0.508 e. The summed E-state index contributed by atoms with van der Waals surface area (Å²) in [6.07, 6.45) is -0.458. The van der Waals surface area contributed by atoms with Crippen molar-refractivity contribution < 1.29 is 30.0 Å². The summed E-state index contributed by atoms with van der Waals surface area (Å²) in [5.41, 5.74) is 1.55. The van der Waals surface area contributed by atoms with Crippen LogP contribution in [0.3, 0.4) is 0 Å². The zero-order valence-electron chi connectivity index (χ0n) is 14.4. The van der Waals surface area contributed by atoms with Crippen LogP contribution in [-0.2, 0) is 6.42 Å². The van der Waals surface area contributed by atoms with Gasteiger partial charge in [-0.1, -0.05) is 23.8 Å². The fourth-order valence-corrected chi connectivity index (χ4v) is 2.91. The molecule has 6 nitrogen and oxygen atoms in total. The molecule has 0 radical (unpaired) electrons. The smallest absolute Gasteiger partial charge is 0.202 e. The van der Waals surface area contributed by atoms with E-state index in [1.54, 1.807) is 0 Å². The number of aliphatic hydroxyl groups is 1. The molecular formula is C20H20O6. The second kappa shape index (κ2) is 6.72.